The molecule has 0 aliphatic rings. The van der Waals surface area contributed by atoms with Gasteiger partial charge in [0.15, 0.2) is 0 Å². The molecule has 0 amide bonds. The molecule has 20 nitrogen and oxygen atoms in total. The van der Waals surface area contributed by atoms with Crippen molar-refractivity contribution in [2.24, 2.45) is 5.73 Å². The van der Waals surface area contributed by atoms with Gasteiger partial charge in [-0.05, 0) is 103 Å². The first-order valence-electron chi connectivity index (χ1n) is 23.6. The molecule has 9 N–H and O–H groups in total. The van der Waals surface area contributed by atoms with Gasteiger partial charge in [0.25, 0.3) is 0 Å². The van der Waals surface area contributed by atoms with Crippen LogP contribution in [-0.4, -0.2) is 124 Å². The number of halogens is 5. The molecule has 9 heterocycles. The maximum atomic E-state index is 5.95. The van der Waals surface area contributed by atoms with Gasteiger partial charge < -0.3 is 51.4 Å². The minimum absolute atomic E-state index is 0.221. The Morgan fingerprint density at radius 2 is 1.05 bits per heavy atom. The molecular weight excluding hydrogens is 1340 g/mol. The molecule has 0 fully saturated rings. The Hall–Kier alpha value is -4.88. The van der Waals surface area contributed by atoms with Gasteiger partial charge in [0.2, 0.25) is 17.2 Å². The molecule has 9 aromatic rings. The summed E-state index contributed by atoms with van der Waals surface area (Å²) in [4.78, 5) is 49.6. The van der Waals surface area contributed by atoms with Gasteiger partial charge in [-0.2, -0.15) is 4.98 Å². The van der Waals surface area contributed by atoms with Crippen LogP contribution in [0.3, 0.4) is 0 Å². The van der Waals surface area contributed by atoms with Crippen molar-refractivity contribution in [3.8, 4) is 0 Å². The van der Waals surface area contributed by atoms with Crippen molar-refractivity contribution < 1.29 is 22.7 Å². The number of nitrogens with zero attached hydrogens (tertiary/aromatic N) is 10. The summed E-state index contributed by atoms with van der Waals surface area (Å²) in [5.74, 6) is 2.47. The topological polar surface area (TPSA) is 259 Å². The quantitative estimate of drug-likeness (QED) is 0.0206. The predicted octanol–water partition coefficient (Wildman–Crippen LogP) is 9.07. The molecule has 0 unspecified atom stereocenters. The molecule has 0 spiro atoms. The van der Waals surface area contributed by atoms with Gasteiger partial charge in [-0.15, -0.1) is 0 Å². The van der Waals surface area contributed by atoms with Gasteiger partial charge >= 0.3 is 50.5 Å². The standard InChI is InChI=1S/C15H18N6O.2C12H10ClN5.C8H19N.C3H9NO.I3/c1-10-8-19-15(21-13(10)17-5-6-22-2)20-12-7-11-3-4-16-14(11)18-9-12;1-7-5-16-12(13)18-10(7)17-9-4-8-2-3-14-11(8)15-6-9;1-7-5-16-12(18-10(7)13)17-9-4-8-2-3-14-11(8)15-6-9;1-6-9(7(2)3)8(4)5;1-5-3-2-4;1-3-2/h3-4,7-9H,5-6H2,1-2H3,(H,16,18)(H2,17,19,20,21);2*2-6H,1H3,(H,14,15)(H,16,17,18);7-8H,6H2,1-5H3;2-4H2,1H3;/q;;;;;-1. The van der Waals surface area contributed by atoms with E-state index >= 15 is 0 Å². The van der Waals surface area contributed by atoms with Crippen LogP contribution < -0.4 is 40.3 Å². The molecule has 0 bridgehead atoms. The van der Waals surface area contributed by atoms with Crippen LogP contribution in [0.4, 0.5) is 40.6 Å². The van der Waals surface area contributed by atoms with Gasteiger partial charge in [0, 0.05) is 109 Å². The van der Waals surface area contributed by atoms with E-state index in [-0.39, 0.29) is 5.28 Å². The summed E-state index contributed by atoms with van der Waals surface area (Å²) in [5, 5.41) is 16.4. The summed E-state index contributed by atoms with van der Waals surface area (Å²) in [7, 11) is 3.30. The fourth-order valence-corrected chi connectivity index (χ4v) is 7.11. The normalized spacial score (nSPS) is 10.6. The number of methoxy groups -OCH3 is 2. The number of aryl methyl sites for hydroxylation is 3. The van der Waals surface area contributed by atoms with Gasteiger partial charge in [-0.3, -0.25) is 4.90 Å². The van der Waals surface area contributed by atoms with Gasteiger partial charge in [-0.25, -0.2) is 39.9 Å². The third-order valence-electron chi connectivity index (χ3n) is 10.4. The Bertz CT molecular complexity index is 3060. The molecule has 9 rings (SSSR count). The predicted molar refractivity (Wildman–Crippen MR) is 320 cm³/mol. The van der Waals surface area contributed by atoms with Crippen LogP contribution in [0.5, 0.6) is 0 Å². The van der Waals surface area contributed by atoms with Crippen LogP contribution in [0.15, 0.2) is 92.2 Å². The van der Waals surface area contributed by atoms with E-state index < -0.39 is 0 Å². The van der Waals surface area contributed by atoms with Crippen LogP contribution in [0, 0.1) is 20.8 Å². The Kier molecular flexibility index (Phi) is 28.4. The SMILES string of the molecule is CCN(C(C)C)C(C)C.COCCN.COCCNc1nc(Nc2cnc3[nH]ccc3c2)ncc1C.Cc1cnc(Cl)nc1Nc1cnc2[nH]ccc2c1.Cc1cnc(Nc2cnc3[nH]ccc3c2)nc1Cl.I[I-]I. The van der Waals surface area contributed by atoms with Crippen molar-refractivity contribution in [3.05, 3.63) is 119 Å². The zero-order chi connectivity index (χ0) is 54.7. The number of fused-ring (bicyclic) bond motifs is 3. The van der Waals surface area contributed by atoms with Crippen molar-refractivity contribution in [1.82, 2.24) is 64.7 Å². The van der Waals surface area contributed by atoms with Crippen molar-refractivity contribution in [2.45, 2.75) is 67.5 Å². The molecule has 0 atom stereocenters. The Morgan fingerprint density at radius 3 is 1.47 bits per heavy atom. The monoisotopic (exact) mass is 1400 g/mol. The number of aromatic nitrogens is 12. The minimum atomic E-state index is 0.221. The van der Waals surface area contributed by atoms with E-state index in [0.29, 0.717) is 74.5 Å². The molecule has 75 heavy (non-hydrogen) atoms. The number of ether oxygens (including phenoxy) is 2. The average Bonchev–Trinajstić information content (AvgIpc) is 4.18. The number of pyridine rings is 3. The van der Waals surface area contributed by atoms with Crippen LogP contribution in [0.25, 0.3) is 33.1 Å². The van der Waals surface area contributed by atoms with E-state index in [9.17, 15) is 0 Å². The second-order valence-electron chi connectivity index (χ2n) is 16.6. The van der Waals surface area contributed by atoms with E-state index in [1.54, 1.807) is 51.4 Å². The van der Waals surface area contributed by atoms with Gasteiger partial charge in [0.05, 0.1) is 48.9 Å². The zero-order valence-corrected chi connectivity index (χ0v) is 51.6. The second-order valence-corrected chi connectivity index (χ2v) is 33.6. The Balaban J connectivity index is 0.000000212. The number of hydrogen-bond donors (Lipinski definition) is 8. The first-order chi connectivity index (χ1) is 36.1. The van der Waals surface area contributed by atoms with Gasteiger partial charge in [0.1, 0.15) is 33.7 Å². The average molecular weight is 1400 g/mol. The molecular formula is C50H66Cl2I3N18O2-. The molecule has 9 aromatic heterocycles. The third kappa shape index (κ3) is 21.6. The molecule has 0 aliphatic heterocycles. The third-order valence-corrected chi connectivity index (χ3v) is 11.0. The van der Waals surface area contributed by atoms with E-state index in [0.717, 1.165) is 79.2 Å². The van der Waals surface area contributed by atoms with Crippen LogP contribution in [-0.2, 0) is 9.47 Å². The maximum absolute atomic E-state index is 5.95. The van der Waals surface area contributed by atoms with Crippen molar-refractivity contribution in [2.75, 3.05) is 68.3 Å². The van der Waals surface area contributed by atoms with Crippen molar-refractivity contribution >= 4 is 134 Å². The zero-order valence-electron chi connectivity index (χ0n) is 43.6. The van der Waals surface area contributed by atoms with Crippen molar-refractivity contribution in [1.29, 1.82) is 0 Å². The number of nitrogens with two attached hydrogens (primary N) is 1. The summed E-state index contributed by atoms with van der Waals surface area (Å²) < 4.78 is 9.60. The molecule has 0 saturated heterocycles. The molecule has 25 heteroatoms. The summed E-state index contributed by atoms with van der Waals surface area (Å²) in [6.07, 6.45) is 15.9. The van der Waals surface area contributed by atoms with Crippen molar-refractivity contribution in [3.63, 3.8) is 0 Å². The summed E-state index contributed by atoms with van der Waals surface area (Å²) in [6.45, 7) is 20.7. The number of rotatable bonds is 15. The number of H-pyrrole nitrogens is 3. The first-order valence-corrected chi connectivity index (χ1v) is 36.9. The molecule has 0 saturated carbocycles. The van der Waals surface area contributed by atoms with Crippen LogP contribution in [0.1, 0.15) is 51.3 Å². The number of aromatic amines is 3. The summed E-state index contributed by atoms with van der Waals surface area (Å²) >= 11 is 17.0. The molecule has 0 radical (unpaired) electrons. The molecule has 0 aliphatic carbocycles. The van der Waals surface area contributed by atoms with E-state index in [1.165, 1.54) is 0 Å². The van der Waals surface area contributed by atoms with E-state index in [4.69, 9.17) is 33.7 Å². The van der Waals surface area contributed by atoms with Crippen LogP contribution in [0.2, 0.25) is 10.4 Å². The fraction of sp³-hybridized carbons (Fsp3) is 0.340. The molecule has 0 aromatic carbocycles. The Morgan fingerprint density at radius 1 is 0.613 bits per heavy atom. The molecule has 404 valence electrons. The number of nitrogens with one attached hydrogen (secondary N) is 7. The Labute approximate surface area is 478 Å². The van der Waals surface area contributed by atoms with E-state index in [2.05, 4.69) is 163 Å². The van der Waals surface area contributed by atoms with E-state index in [1.807, 2.05) is 75.8 Å². The fourth-order valence-electron chi connectivity index (χ4n) is 6.85. The number of hydrogen-bond acceptors (Lipinski definition) is 17. The van der Waals surface area contributed by atoms with Gasteiger partial charge in [-0.1, -0.05) is 18.5 Å². The number of anilines is 7. The summed E-state index contributed by atoms with van der Waals surface area (Å²) in [6, 6.07) is 13.2. The van der Waals surface area contributed by atoms with Crippen LogP contribution >= 0.6 is 60.4 Å². The summed E-state index contributed by atoms with van der Waals surface area (Å²) in [5.41, 5.74) is 12.9. The first kappa shape index (κ1) is 62.7. The second kappa shape index (κ2) is 34.0.